The fourth-order valence-electron chi connectivity index (χ4n) is 2.58. The maximum atomic E-state index is 11.8. The van der Waals surface area contributed by atoms with Crippen molar-refractivity contribution in [2.24, 2.45) is 0 Å². The molecule has 1 aliphatic heterocycles. The van der Waals surface area contributed by atoms with E-state index in [-0.39, 0.29) is 5.91 Å². The Morgan fingerprint density at radius 1 is 1.10 bits per heavy atom. The van der Waals surface area contributed by atoms with Crippen LogP contribution in [-0.2, 0) is 9.53 Å². The number of carbonyl (C=O) groups excluding carboxylic acids is 1. The first-order valence-corrected chi connectivity index (χ1v) is 10.7. The van der Waals surface area contributed by atoms with Gasteiger partial charge in [-0.15, -0.1) is 0 Å². The Morgan fingerprint density at radius 2 is 1.83 bits per heavy atom. The summed E-state index contributed by atoms with van der Waals surface area (Å²) in [5, 5.41) is 2.95. The molecule has 0 aliphatic carbocycles. The van der Waals surface area contributed by atoms with Crippen LogP contribution in [-0.4, -0.2) is 43.8 Å². The molecule has 2 aromatic carbocycles. The Kier molecular flexibility index (Phi) is 8.39. The summed E-state index contributed by atoms with van der Waals surface area (Å²) in [6.07, 6.45) is 1.70. The third kappa shape index (κ3) is 6.37. The molecule has 0 spiro atoms. The van der Waals surface area contributed by atoms with Crippen molar-refractivity contribution in [3.05, 3.63) is 58.0 Å². The highest BCUT2D eigenvalue weighted by Gasteiger charge is 2.22. The van der Waals surface area contributed by atoms with Gasteiger partial charge in [-0.25, -0.2) is 0 Å². The molecule has 1 fully saturated rings. The van der Waals surface area contributed by atoms with Crippen molar-refractivity contribution in [1.29, 1.82) is 0 Å². The number of thiocarbonyl (C=S) groups is 1. The van der Waals surface area contributed by atoms with Gasteiger partial charge in [-0.2, -0.15) is 0 Å². The molecular formula is C21H20ClNO5S2. The summed E-state index contributed by atoms with van der Waals surface area (Å²) in [6.45, 7) is 1.57. The van der Waals surface area contributed by atoms with Crippen LogP contribution in [0.4, 0.5) is 0 Å². The maximum Gasteiger partial charge on any atom is 0.263 e. The second kappa shape index (κ2) is 11.2. The van der Waals surface area contributed by atoms with Crippen LogP contribution in [0.3, 0.4) is 0 Å². The summed E-state index contributed by atoms with van der Waals surface area (Å²) in [7, 11) is 1.53. The molecule has 1 aliphatic rings. The Morgan fingerprint density at radius 3 is 2.50 bits per heavy atom. The smallest absolute Gasteiger partial charge is 0.263 e. The second-order valence-electron chi connectivity index (χ2n) is 6.01. The predicted molar refractivity (Wildman–Crippen MR) is 123 cm³/mol. The lowest BCUT2D eigenvalue weighted by Crippen LogP contribution is -2.17. The van der Waals surface area contributed by atoms with Gasteiger partial charge in [-0.1, -0.05) is 53.8 Å². The van der Waals surface area contributed by atoms with Crippen molar-refractivity contribution >= 4 is 51.9 Å². The first-order chi connectivity index (χ1) is 14.6. The normalized spacial score (nSPS) is 14.7. The summed E-state index contributed by atoms with van der Waals surface area (Å²) < 4.78 is 22.6. The number of thioether (sulfide) groups is 1. The molecule has 1 amide bonds. The van der Waals surface area contributed by atoms with Gasteiger partial charge in [-0.05, 0) is 35.9 Å². The largest absolute Gasteiger partial charge is 0.493 e. The number of hydrogen-bond donors (Lipinski definition) is 1. The average Bonchev–Trinajstić information content (AvgIpc) is 3.05. The third-order valence-electron chi connectivity index (χ3n) is 3.91. The fourth-order valence-corrected chi connectivity index (χ4v) is 3.89. The Hall–Kier alpha value is -2.26. The van der Waals surface area contributed by atoms with E-state index < -0.39 is 0 Å². The average molecular weight is 466 g/mol. The number of para-hydroxylation sites is 1. The zero-order valence-corrected chi connectivity index (χ0v) is 18.6. The lowest BCUT2D eigenvalue weighted by Gasteiger charge is -2.14. The lowest BCUT2D eigenvalue weighted by molar-refractivity contribution is -0.115. The molecule has 9 heteroatoms. The summed E-state index contributed by atoms with van der Waals surface area (Å²) in [5.41, 5.74) is 0.709. The third-order valence-corrected chi connectivity index (χ3v) is 5.35. The predicted octanol–water partition coefficient (Wildman–Crippen LogP) is 4.31. The molecule has 1 heterocycles. The van der Waals surface area contributed by atoms with Crippen LogP contribution < -0.4 is 19.5 Å². The standard InChI is InChI=1S/C21H20ClNO5S2/c1-25-17-12-14(13-18-20(24)23-21(29)30-18)11-16(22)19(17)28-10-8-26-7-9-27-15-5-3-2-4-6-15/h2-6,11-13H,7-10H2,1H3,(H,23,24,29). The Labute approximate surface area is 189 Å². The van der Waals surface area contributed by atoms with E-state index in [0.717, 1.165) is 5.75 Å². The first kappa shape index (κ1) is 22.4. The van der Waals surface area contributed by atoms with Crippen LogP contribution in [0.25, 0.3) is 6.08 Å². The van der Waals surface area contributed by atoms with Crippen molar-refractivity contribution in [2.75, 3.05) is 33.5 Å². The molecule has 2 aromatic rings. The van der Waals surface area contributed by atoms with Gasteiger partial charge in [-0.3, -0.25) is 4.79 Å². The van der Waals surface area contributed by atoms with Gasteiger partial charge in [0, 0.05) is 0 Å². The highest BCUT2D eigenvalue weighted by Crippen LogP contribution is 2.38. The molecule has 0 saturated carbocycles. The van der Waals surface area contributed by atoms with E-state index in [0.29, 0.717) is 57.7 Å². The summed E-state index contributed by atoms with van der Waals surface area (Å²) >= 11 is 12.6. The molecule has 30 heavy (non-hydrogen) atoms. The quantitative estimate of drug-likeness (QED) is 0.318. The summed E-state index contributed by atoms with van der Waals surface area (Å²) in [5.74, 6) is 1.46. The Bertz CT molecular complexity index is 936. The van der Waals surface area contributed by atoms with Gasteiger partial charge in [0.2, 0.25) is 0 Å². The van der Waals surface area contributed by atoms with E-state index in [1.165, 1.54) is 18.9 Å². The highest BCUT2D eigenvalue weighted by molar-refractivity contribution is 8.26. The molecule has 0 atom stereocenters. The molecule has 6 nitrogen and oxygen atoms in total. The minimum Gasteiger partial charge on any atom is -0.493 e. The molecule has 0 unspecified atom stereocenters. The van der Waals surface area contributed by atoms with E-state index in [2.05, 4.69) is 5.32 Å². The molecule has 158 valence electrons. The maximum absolute atomic E-state index is 11.8. The molecule has 0 bridgehead atoms. The monoisotopic (exact) mass is 465 g/mol. The van der Waals surface area contributed by atoms with Gasteiger partial charge in [0.25, 0.3) is 5.91 Å². The van der Waals surface area contributed by atoms with Crippen LogP contribution in [0.5, 0.6) is 17.2 Å². The Balaban J connectivity index is 1.49. The van der Waals surface area contributed by atoms with Crippen LogP contribution in [0.2, 0.25) is 5.02 Å². The van der Waals surface area contributed by atoms with E-state index >= 15 is 0 Å². The molecular weight excluding hydrogens is 446 g/mol. The lowest BCUT2D eigenvalue weighted by atomic mass is 10.2. The van der Waals surface area contributed by atoms with Crippen molar-refractivity contribution in [3.63, 3.8) is 0 Å². The SMILES string of the molecule is COc1cc(C=C2SC(=S)NC2=O)cc(Cl)c1OCCOCCOc1ccccc1. The van der Waals surface area contributed by atoms with Gasteiger partial charge < -0.3 is 24.3 Å². The van der Waals surface area contributed by atoms with Crippen molar-refractivity contribution in [3.8, 4) is 17.2 Å². The van der Waals surface area contributed by atoms with Crippen molar-refractivity contribution in [1.82, 2.24) is 5.32 Å². The molecule has 1 saturated heterocycles. The minimum absolute atomic E-state index is 0.228. The van der Waals surface area contributed by atoms with Crippen molar-refractivity contribution in [2.45, 2.75) is 0 Å². The second-order valence-corrected chi connectivity index (χ2v) is 8.13. The first-order valence-electron chi connectivity index (χ1n) is 9.07. The number of hydrogen-bond acceptors (Lipinski definition) is 7. The molecule has 0 radical (unpaired) electrons. The van der Waals surface area contributed by atoms with E-state index in [4.69, 9.17) is 42.8 Å². The van der Waals surface area contributed by atoms with Crippen LogP contribution in [0, 0.1) is 0 Å². The number of rotatable bonds is 10. The summed E-state index contributed by atoms with van der Waals surface area (Å²) in [4.78, 5) is 12.3. The molecule has 3 rings (SSSR count). The number of methoxy groups -OCH3 is 1. The van der Waals surface area contributed by atoms with E-state index in [9.17, 15) is 4.79 Å². The molecule has 1 N–H and O–H groups in total. The summed E-state index contributed by atoms with van der Waals surface area (Å²) in [6, 6.07) is 13.0. The van der Waals surface area contributed by atoms with Gasteiger partial charge in [0.05, 0.1) is 30.3 Å². The number of nitrogens with one attached hydrogen (secondary N) is 1. The van der Waals surface area contributed by atoms with Crippen LogP contribution in [0.15, 0.2) is 47.4 Å². The number of ether oxygens (including phenoxy) is 4. The number of halogens is 1. The number of amides is 1. The fraction of sp³-hybridized carbons (Fsp3) is 0.238. The number of benzene rings is 2. The number of carbonyl (C=O) groups is 1. The van der Waals surface area contributed by atoms with Gasteiger partial charge in [0.1, 0.15) is 23.3 Å². The van der Waals surface area contributed by atoms with E-state index in [1.807, 2.05) is 30.3 Å². The highest BCUT2D eigenvalue weighted by atomic mass is 35.5. The van der Waals surface area contributed by atoms with Crippen LogP contribution >= 0.6 is 35.6 Å². The zero-order chi connectivity index (χ0) is 21.3. The van der Waals surface area contributed by atoms with Crippen molar-refractivity contribution < 1.29 is 23.7 Å². The van der Waals surface area contributed by atoms with E-state index in [1.54, 1.807) is 18.2 Å². The topological polar surface area (TPSA) is 66.0 Å². The van der Waals surface area contributed by atoms with Gasteiger partial charge in [0.15, 0.2) is 11.5 Å². The van der Waals surface area contributed by atoms with Gasteiger partial charge >= 0.3 is 0 Å². The molecule has 0 aromatic heterocycles. The zero-order valence-electron chi connectivity index (χ0n) is 16.2. The van der Waals surface area contributed by atoms with Crippen LogP contribution in [0.1, 0.15) is 5.56 Å². The minimum atomic E-state index is -0.228.